The Bertz CT molecular complexity index is 293. The van der Waals surface area contributed by atoms with Crippen molar-refractivity contribution in [2.24, 2.45) is 0 Å². The fraction of sp³-hybridized carbons (Fsp3) is 0.909. The number of hydrogen-bond donors (Lipinski definition) is 2. The standard InChI is InChI=1S/C11H20F4N2O2/c1-7(8(12)13)16-5-11(14,15)6-17-9(18)19-10(2,3)4/h7-8,16H,5-6H2,1-4H3,(H,17,18). The number of carbonyl (C=O) groups is 1. The van der Waals surface area contributed by atoms with Gasteiger partial charge in [0, 0.05) is 0 Å². The van der Waals surface area contributed by atoms with Gasteiger partial charge in [-0.3, -0.25) is 0 Å². The quantitative estimate of drug-likeness (QED) is 0.738. The highest BCUT2D eigenvalue weighted by Gasteiger charge is 2.31. The van der Waals surface area contributed by atoms with Crippen molar-refractivity contribution in [3.63, 3.8) is 0 Å². The Hall–Kier alpha value is -1.05. The molecular formula is C11H20F4N2O2. The molecule has 0 radical (unpaired) electrons. The first-order valence-electron chi connectivity index (χ1n) is 5.79. The summed E-state index contributed by atoms with van der Waals surface area (Å²) in [6, 6.07) is -1.34. The second-order valence-electron chi connectivity index (χ2n) is 5.22. The third-order valence-electron chi connectivity index (χ3n) is 1.95. The number of ether oxygens (including phenoxy) is 1. The summed E-state index contributed by atoms with van der Waals surface area (Å²) in [7, 11) is 0. The second-order valence-corrected chi connectivity index (χ2v) is 5.22. The van der Waals surface area contributed by atoms with Gasteiger partial charge in [0.2, 0.25) is 0 Å². The highest BCUT2D eigenvalue weighted by molar-refractivity contribution is 5.67. The Morgan fingerprint density at radius 3 is 2.16 bits per heavy atom. The molecule has 0 aliphatic heterocycles. The zero-order valence-electron chi connectivity index (χ0n) is 11.4. The van der Waals surface area contributed by atoms with Gasteiger partial charge in [-0.15, -0.1) is 0 Å². The van der Waals surface area contributed by atoms with Gasteiger partial charge in [-0.05, 0) is 27.7 Å². The molecule has 1 unspecified atom stereocenters. The third kappa shape index (κ3) is 9.52. The molecule has 0 bridgehead atoms. The van der Waals surface area contributed by atoms with E-state index in [1.807, 2.05) is 10.6 Å². The monoisotopic (exact) mass is 288 g/mol. The lowest BCUT2D eigenvalue weighted by atomic mass is 10.2. The number of carbonyl (C=O) groups excluding carboxylic acids is 1. The Kier molecular flexibility index (Phi) is 6.54. The lowest BCUT2D eigenvalue weighted by molar-refractivity contribution is -0.0111. The van der Waals surface area contributed by atoms with Crippen LogP contribution in [0.4, 0.5) is 22.4 Å². The molecule has 19 heavy (non-hydrogen) atoms. The molecular weight excluding hydrogens is 268 g/mol. The van der Waals surface area contributed by atoms with Crippen molar-refractivity contribution < 1.29 is 27.1 Å². The molecule has 8 heteroatoms. The van der Waals surface area contributed by atoms with Gasteiger partial charge in [0.15, 0.2) is 0 Å². The van der Waals surface area contributed by atoms with Crippen LogP contribution >= 0.6 is 0 Å². The van der Waals surface area contributed by atoms with Crippen LogP contribution in [0.2, 0.25) is 0 Å². The zero-order chi connectivity index (χ0) is 15.3. The van der Waals surface area contributed by atoms with Crippen LogP contribution in [0.3, 0.4) is 0 Å². The molecule has 2 N–H and O–H groups in total. The van der Waals surface area contributed by atoms with Crippen LogP contribution in [-0.4, -0.2) is 43.2 Å². The summed E-state index contributed by atoms with van der Waals surface area (Å²) in [5.74, 6) is -3.33. The fourth-order valence-corrected chi connectivity index (χ4v) is 0.978. The molecule has 114 valence electrons. The SMILES string of the molecule is CC(NCC(F)(F)CNC(=O)OC(C)(C)C)C(F)F. The predicted octanol–water partition coefficient (Wildman–Crippen LogP) is 2.39. The van der Waals surface area contributed by atoms with Crippen LogP contribution in [0, 0.1) is 0 Å². The summed E-state index contributed by atoms with van der Waals surface area (Å²) in [6.07, 6.45) is -3.70. The average molecular weight is 288 g/mol. The van der Waals surface area contributed by atoms with Gasteiger partial charge in [-0.2, -0.15) is 0 Å². The predicted molar refractivity (Wildman–Crippen MR) is 62.7 cm³/mol. The summed E-state index contributed by atoms with van der Waals surface area (Å²) in [5, 5.41) is 3.90. The molecule has 0 spiro atoms. The molecule has 0 heterocycles. The summed E-state index contributed by atoms with van der Waals surface area (Å²) in [4.78, 5) is 11.1. The smallest absolute Gasteiger partial charge is 0.407 e. The minimum absolute atomic E-state index is 0.790. The van der Waals surface area contributed by atoms with E-state index >= 15 is 0 Å². The van der Waals surface area contributed by atoms with E-state index in [0.717, 1.165) is 6.92 Å². The number of hydrogen-bond acceptors (Lipinski definition) is 3. The van der Waals surface area contributed by atoms with Crippen molar-refractivity contribution in [2.75, 3.05) is 13.1 Å². The van der Waals surface area contributed by atoms with Crippen LogP contribution in [0.5, 0.6) is 0 Å². The van der Waals surface area contributed by atoms with Crippen LogP contribution < -0.4 is 10.6 Å². The molecule has 1 atom stereocenters. The molecule has 0 fully saturated rings. The Balaban J connectivity index is 4.06. The highest BCUT2D eigenvalue weighted by Crippen LogP contribution is 2.13. The lowest BCUT2D eigenvalue weighted by Crippen LogP contribution is -2.47. The first-order chi connectivity index (χ1) is 8.43. The number of halogens is 4. The van der Waals surface area contributed by atoms with E-state index in [4.69, 9.17) is 4.74 Å². The van der Waals surface area contributed by atoms with E-state index in [0.29, 0.717) is 0 Å². The molecule has 4 nitrogen and oxygen atoms in total. The van der Waals surface area contributed by atoms with Crippen molar-refractivity contribution in [3.8, 4) is 0 Å². The van der Waals surface area contributed by atoms with Crippen LogP contribution in [-0.2, 0) is 4.74 Å². The number of amides is 1. The van der Waals surface area contributed by atoms with Crippen molar-refractivity contribution in [2.45, 2.75) is 51.7 Å². The van der Waals surface area contributed by atoms with Gasteiger partial charge in [0.05, 0.1) is 19.1 Å². The summed E-state index contributed by atoms with van der Waals surface area (Å²) in [6.45, 7) is 3.95. The maximum absolute atomic E-state index is 13.3. The second kappa shape index (κ2) is 6.93. The van der Waals surface area contributed by atoms with Gasteiger partial charge in [-0.1, -0.05) is 0 Å². The van der Waals surface area contributed by atoms with Crippen LogP contribution in [0.25, 0.3) is 0 Å². The largest absolute Gasteiger partial charge is 0.444 e. The summed E-state index contributed by atoms with van der Waals surface area (Å²) >= 11 is 0. The first kappa shape index (κ1) is 17.9. The molecule has 0 saturated carbocycles. The van der Waals surface area contributed by atoms with E-state index in [9.17, 15) is 22.4 Å². The first-order valence-corrected chi connectivity index (χ1v) is 5.79. The average Bonchev–Trinajstić information content (AvgIpc) is 2.21. The van der Waals surface area contributed by atoms with Gasteiger partial charge >= 0.3 is 6.09 Å². The molecule has 0 saturated heterocycles. The van der Waals surface area contributed by atoms with E-state index in [-0.39, 0.29) is 0 Å². The number of nitrogens with one attached hydrogen (secondary N) is 2. The number of alkyl halides is 4. The van der Waals surface area contributed by atoms with Crippen molar-refractivity contribution in [3.05, 3.63) is 0 Å². The lowest BCUT2D eigenvalue weighted by Gasteiger charge is -2.23. The Morgan fingerprint density at radius 2 is 1.74 bits per heavy atom. The molecule has 0 aromatic carbocycles. The van der Waals surface area contributed by atoms with E-state index in [1.165, 1.54) is 0 Å². The summed E-state index contributed by atoms with van der Waals surface area (Å²) in [5.41, 5.74) is -0.790. The van der Waals surface area contributed by atoms with Crippen molar-refractivity contribution in [1.82, 2.24) is 10.6 Å². The van der Waals surface area contributed by atoms with Gasteiger partial charge in [0.25, 0.3) is 12.3 Å². The maximum Gasteiger partial charge on any atom is 0.407 e. The van der Waals surface area contributed by atoms with Crippen molar-refractivity contribution in [1.29, 1.82) is 0 Å². The Labute approximate surface area is 109 Å². The molecule has 1 amide bonds. The molecule has 0 rings (SSSR count). The van der Waals surface area contributed by atoms with Crippen LogP contribution in [0.15, 0.2) is 0 Å². The Morgan fingerprint density at radius 1 is 1.21 bits per heavy atom. The zero-order valence-corrected chi connectivity index (χ0v) is 11.4. The molecule has 0 aromatic rings. The minimum Gasteiger partial charge on any atom is -0.444 e. The van der Waals surface area contributed by atoms with Gasteiger partial charge in [-0.25, -0.2) is 22.4 Å². The minimum atomic E-state index is -3.33. The van der Waals surface area contributed by atoms with Crippen LogP contribution in [0.1, 0.15) is 27.7 Å². The van der Waals surface area contributed by atoms with Crippen molar-refractivity contribution >= 4 is 6.09 Å². The number of rotatable bonds is 6. The van der Waals surface area contributed by atoms with E-state index in [2.05, 4.69) is 0 Å². The topological polar surface area (TPSA) is 50.4 Å². The summed E-state index contributed by atoms with van der Waals surface area (Å²) < 4.78 is 55.5. The number of alkyl carbamates (subject to hydrolysis) is 1. The van der Waals surface area contributed by atoms with Gasteiger partial charge < -0.3 is 15.4 Å². The van der Waals surface area contributed by atoms with E-state index < -0.39 is 43.2 Å². The normalized spacial score (nSPS) is 14.4. The third-order valence-corrected chi connectivity index (χ3v) is 1.95. The molecule has 0 aromatic heterocycles. The van der Waals surface area contributed by atoms with E-state index in [1.54, 1.807) is 20.8 Å². The molecule has 0 aliphatic carbocycles. The fourth-order valence-electron chi connectivity index (χ4n) is 0.978. The maximum atomic E-state index is 13.3. The van der Waals surface area contributed by atoms with Gasteiger partial charge in [0.1, 0.15) is 5.60 Å². The highest BCUT2D eigenvalue weighted by atomic mass is 19.3. The molecule has 0 aliphatic rings.